The quantitative estimate of drug-likeness (QED) is 0.260. The molecule has 0 aliphatic rings. The van der Waals surface area contributed by atoms with E-state index in [2.05, 4.69) is 20.8 Å². The van der Waals surface area contributed by atoms with Crippen LogP contribution in [0.3, 0.4) is 0 Å². The van der Waals surface area contributed by atoms with Crippen molar-refractivity contribution in [1.82, 2.24) is 10.4 Å². The predicted octanol–water partition coefficient (Wildman–Crippen LogP) is 3.65. The minimum absolute atomic E-state index is 0.0178. The summed E-state index contributed by atoms with van der Waals surface area (Å²) in [7, 11) is 0. The Balaban J connectivity index is 1.78. The highest BCUT2D eigenvalue weighted by Crippen LogP contribution is 2.34. The van der Waals surface area contributed by atoms with Crippen molar-refractivity contribution < 1.29 is 18.0 Å². The van der Waals surface area contributed by atoms with Gasteiger partial charge in [-0.3, -0.25) is 10.2 Å². The van der Waals surface area contributed by atoms with Crippen molar-refractivity contribution in [2.75, 3.05) is 5.32 Å². The lowest BCUT2D eigenvalue weighted by molar-refractivity contribution is -0.136. The largest absolute Gasteiger partial charge is 0.418 e. The Morgan fingerprint density at radius 3 is 2.48 bits per heavy atom. The van der Waals surface area contributed by atoms with Crippen LogP contribution in [0.1, 0.15) is 28.5 Å². The number of carbonyl (C=O) groups excluding carboxylic acids is 1. The van der Waals surface area contributed by atoms with Crippen LogP contribution in [-0.4, -0.2) is 22.6 Å². The van der Waals surface area contributed by atoms with Crippen LogP contribution in [0.5, 0.6) is 0 Å². The molecule has 7 nitrogen and oxygen atoms in total. The number of para-hydroxylation sites is 1. The molecule has 1 amide bonds. The zero-order valence-corrected chi connectivity index (χ0v) is 15.2. The standard InChI is InChI=1S/C19H17F3N6O/c1-10(27-28-18(23)24)11-5-7-13(8-6-11)25-17(29)15-9-12-3-2-4-14(16(12)26-15)19(20,21)22/h2-9,26H,1H3,(H,25,29)(H4,23,24,28)/b27-10+. The number of nitrogens with one attached hydrogen (secondary N) is 4. The number of hydrazone groups is 1. The van der Waals surface area contributed by atoms with E-state index in [1.807, 2.05) is 0 Å². The first-order valence-corrected chi connectivity index (χ1v) is 8.40. The third kappa shape index (κ3) is 4.54. The Labute approximate surface area is 163 Å². The second kappa shape index (κ2) is 7.66. The molecular weight excluding hydrogens is 385 g/mol. The summed E-state index contributed by atoms with van der Waals surface area (Å²) < 4.78 is 39.4. The van der Waals surface area contributed by atoms with Crippen LogP contribution in [0.4, 0.5) is 18.9 Å². The van der Waals surface area contributed by atoms with E-state index in [9.17, 15) is 18.0 Å². The number of carbonyl (C=O) groups is 1. The molecule has 0 atom stereocenters. The van der Waals surface area contributed by atoms with Crippen LogP contribution in [0, 0.1) is 5.41 Å². The topological polar surface area (TPSA) is 119 Å². The number of H-pyrrole nitrogens is 1. The van der Waals surface area contributed by atoms with Crippen LogP contribution >= 0.6 is 0 Å². The summed E-state index contributed by atoms with van der Waals surface area (Å²) in [5.74, 6) is -0.856. The molecule has 6 N–H and O–H groups in total. The van der Waals surface area contributed by atoms with Gasteiger partial charge in [0.15, 0.2) is 0 Å². The molecule has 150 valence electrons. The number of hydrogen-bond donors (Lipinski definition) is 5. The lowest BCUT2D eigenvalue weighted by atomic mass is 10.1. The minimum Gasteiger partial charge on any atom is -0.369 e. The molecule has 10 heteroatoms. The number of halogens is 3. The lowest BCUT2D eigenvalue weighted by Crippen LogP contribution is -2.26. The zero-order chi connectivity index (χ0) is 21.2. The minimum atomic E-state index is -4.52. The normalized spacial score (nSPS) is 12.1. The number of guanidine groups is 1. The molecule has 0 spiro atoms. The first kappa shape index (κ1) is 19.9. The molecule has 3 aromatic rings. The van der Waals surface area contributed by atoms with Gasteiger partial charge in [0.2, 0.25) is 5.96 Å². The molecular formula is C19H17F3N6O. The first-order chi connectivity index (χ1) is 13.6. The highest BCUT2D eigenvalue weighted by molar-refractivity contribution is 6.06. The maximum Gasteiger partial charge on any atom is 0.418 e. The van der Waals surface area contributed by atoms with Crippen LogP contribution in [0.25, 0.3) is 10.9 Å². The predicted molar refractivity (Wildman–Crippen MR) is 105 cm³/mol. The Kier molecular flexibility index (Phi) is 5.26. The van der Waals surface area contributed by atoms with Gasteiger partial charge in [-0.2, -0.15) is 18.3 Å². The monoisotopic (exact) mass is 402 g/mol. The molecule has 0 unspecified atom stereocenters. The van der Waals surface area contributed by atoms with E-state index in [4.69, 9.17) is 11.1 Å². The second-order valence-corrected chi connectivity index (χ2v) is 6.20. The number of aromatic amines is 1. The van der Waals surface area contributed by atoms with Gasteiger partial charge in [0.1, 0.15) is 5.69 Å². The Morgan fingerprint density at radius 2 is 1.86 bits per heavy atom. The van der Waals surface area contributed by atoms with Gasteiger partial charge in [0.05, 0.1) is 16.8 Å². The molecule has 1 heterocycles. The fourth-order valence-corrected chi connectivity index (χ4v) is 2.72. The fourth-order valence-electron chi connectivity index (χ4n) is 2.72. The lowest BCUT2D eigenvalue weighted by Gasteiger charge is -2.07. The number of rotatable bonds is 4. The Morgan fingerprint density at radius 1 is 1.17 bits per heavy atom. The summed E-state index contributed by atoms with van der Waals surface area (Å²) in [5.41, 5.74) is 8.33. The average Bonchev–Trinajstić information content (AvgIpc) is 3.10. The van der Waals surface area contributed by atoms with E-state index in [0.29, 0.717) is 16.8 Å². The summed E-state index contributed by atoms with van der Waals surface area (Å²) in [6, 6.07) is 11.8. The van der Waals surface area contributed by atoms with E-state index in [1.165, 1.54) is 18.2 Å². The summed E-state index contributed by atoms with van der Waals surface area (Å²) in [4.78, 5) is 15.0. The molecule has 1 aromatic heterocycles. The molecule has 29 heavy (non-hydrogen) atoms. The molecule has 2 aromatic carbocycles. The van der Waals surface area contributed by atoms with Crippen LogP contribution in [0.2, 0.25) is 0 Å². The van der Waals surface area contributed by atoms with Crippen molar-refractivity contribution in [3.63, 3.8) is 0 Å². The van der Waals surface area contributed by atoms with Crippen molar-refractivity contribution in [1.29, 1.82) is 5.41 Å². The highest BCUT2D eigenvalue weighted by atomic mass is 19.4. The van der Waals surface area contributed by atoms with Gasteiger partial charge in [-0.05, 0) is 36.8 Å². The number of nitrogens with zero attached hydrogens (tertiary/aromatic N) is 1. The van der Waals surface area contributed by atoms with Crippen molar-refractivity contribution in [2.24, 2.45) is 10.8 Å². The first-order valence-electron chi connectivity index (χ1n) is 8.40. The van der Waals surface area contributed by atoms with Gasteiger partial charge in [0.25, 0.3) is 5.91 Å². The number of alkyl halides is 3. The number of aromatic nitrogens is 1. The highest BCUT2D eigenvalue weighted by Gasteiger charge is 2.33. The Hall–Kier alpha value is -3.82. The van der Waals surface area contributed by atoms with Crippen molar-refractivity contribution >= 4 is 34.2 Å². The molecule has 3 rings (SSSR count). The number of hydrogen-bond acceptors (Lipinski definition) is 3. The molecule has 0 aliphatic heterocycles. The van der Waals surface area contributed by atoms with Gasteiger partial charge < -0.3 is 16.0 Å². The van der Waals surface area contributed by atoms with Crippen molar-refractivity contribution in [2.45, 2.75) is 13.1 Å². The number of fused-ring (bicyclic) bond motifs is 1. The number of anilines is 1. The summed E-state index contributed by atoms with van der Waals surface area (Å²) in [6.07, 6.45) is -4.52. The van der Waals surface area contributed by atoms with Gasteiger partial charge in [0, 0.05) is 11.1 Å². The van der Waals surface area contributed by atoms with Crippen LogP contribution < -0.4 is 16.5 Å². The van der Waals surface area contributed by atoms with E-state index >= 15 is 0 Å². The Bertz CT molecular complexity index is 1100. The van der Waals surface area contributed by atoms with Gasteiger partial charge in [-0.1, -0.05) is 24.3 Å². The molecule has 0 fully saturated rings. The van der Waals surface area contributed by atoms with E-state index in [1.54, 1.807) is 31.2 Å². The van der Waals surface area contributed by atoms with Crippen LogP contribution in [-0.2, 0) is 6.18 Å². The number of nitrogens with two attached hydrogens (primary N) is 1. The summed E-state index contributed by atoms with van der Waals surface area (Å²) in [5, 5.41) is 13.9. The molecule has 0 bridgehead atoms. The van der Waals surface area contributed by atoms with E-state index in [-0.39, 0.29) is 17.2 Å². The smallest absolute Gasteiger partial charge is 0.369 e. The molecule has 0 aliphatic carbocycles. The summed E-state index contributed by atoms with van der Waals surface area (Å²) >= 11 is 0. The second-order valence-electron chi connectivity index (χ2n) is 6.20. The van der Waals surface area contributed by atoms with Crippen molar-refractivity contribution in [3.05, 3.63) is 65.4 Å². The third-order valence-corrected chi connectivity index (χ3v) is 4.11. The average molecular weight is 402 g/mol. The molecule has 0 saturated heterocycles. The SMILES string of the molecule is C/C(=N\NC(=N)N)c1ccc(NC(=O)c2cc3cccc(C(F)(F)F)c3[nH]2)cc1. The maximum atomic E-state index is 13.1. The van der Waals surface area contributed by atoms with Crippen LogP contribution in [0.15, 0.2) is 53.6 Å². The van der Waals surface area contributed by atoms with Crippen molar-refractivity contribution in [3.8, 4) is 0 Å². The molecule has 0 saturated carbocycles. The molecule has 0 radical (unpaired) electrons. The maximum absolute atomic E-state index is 13.1. The van der Waals surface area contributed by atoms with Gasteiger partial charge in [-0.25, -0.2) is 5.43 Å². The fraction of sp³-hybridized carbons (Fsp3) is 0.105. The van der Waals surface area contributed by atoms with E-state index < -0.39 is 17.6 Å². The third-order valence-electron chi connectivity index (χ3n) is 4.11. The zero-order valence-electron chi connectivity index (χ0n) is 15.2. The van der Waals surface area contributed by atoms with Gasteiger partial charge in [-0.15, -0.1) is 0 Å². The van der Waals surface area contributed by atoms with E-state index in [0.717, 1.165) is 11.6 Å². The number of benzene rings is 2. The van der Waals surface area contributed by atoms with Gasteiger partial charge >= 0.3 is 6.18 Å². The summed E-state index contributed by atoms with van der Waals surface area (Å²) in [6.45, 7) is 1.71. The number of amides is 1.